The van der Waals surface area contributed by atoms with Crippen molar-refractivity contribution in [1.29, 1.82) is 0 Å². The van der Waals surface area contributed by atoms with E-state index in [2.05, 4.69) is 9.97 Å². The number of hydrogen-bond acceptors (Lipinski definition) is 6. The number of benzene rings is 1. The second kappa shape index (κ2) is 6.50. The number of nitrogens with zero attached hydrogens (tertiary/aromatic N) is 2. The molecule has 0 saturated heterocycles. The molecule has 1 unspecified atom stereocenters. The number of hydrogen-bond donors (Lipinski definition) is 1. The molecule has 2 N–H and O–H groups in total. The van der Waals surface area contributed by atoms with E-state index in [1.165, 1.54) is 0 Å². The summed E-state index contributed by atoms with van der Waals surface area (Å²) in [6.45, 7) is 0. The summed E-state index contributed by atoms with van der Waals surface area (Å²) in [5.41, 5.74) is 7.91. The third-order valence-electron chi connectivity index (χ3n) is 3.52. The zero-order valence-corrected chi connectivity index (χ0v) is 12.9. The van der Waals surface area contributed by atoms with Crippen LogP contribution in [0.4, 0.5) is 0 Å². The Bertz CT molecular complexity index is 787. The van der Waals surface area contributed by atoms with Crippen molar-refractivity contribution in [3.8, 4) is 22.8 Å². The Balaban J connectivity index is 1.90. The lowest BCUT2D eigenvalue weighted by molar-refractivity contribution is 0.355. The number of nitrogens with two attached hydrogens (primary N) is 1. The van der Waals surface area contributed by atoms with Gasteiger partial charge in [0.05, 0.1) is 20.4 Å². The molecule has 0 fully saturated rings. The number of ether oxygens (including phenoxy) is 2. The van der Waals surface area contributed by atoms with Crippen molar-refractivity contribution in [1.82, 2.24) is 9.97 Å². The lowest BCUT2D eigenvalue weighted by atomic mass is 10.1. The summed E-state index contributed by atoms with van der Waals surface area (Å²) in [5.74, 6) is 2.34. The molecule has 1 atom stereocenters. The molecule has 0 aliphatic heterocycles. The molecular formula is C17H17N3O3. The van der Waals surface area contributed by atoms with E-state index in [4.69, 9.17) is 19.6 Å². The SMILES string of the molecule is COc1ccc(-c2cnc(C(N)c3ccncc3)o2)cc1OC. The molecule has 0 bridgehead atoms. The highest BCUT2D eigenvalue weighted by molar-refractivity contribution is 5.62. The van der Waals surface area contributed by atoms with Gasteiger partial charge in [0.25, 0.3) is 0 Å². The maximum Gasteiger partial charge on any atom is 0.216 e. The smallest absolute Gasteiger partial charge is 0.216 e. The van der Waals surface area contributed by atoms with Gasteiger partial charge in [-0.25, -0.2) is 4.98 Å². The number of oxazole rings is 1. The van der Waals surface area contributed by atoms with E-state index in [-0.39, 0.29) is 0 Å². The van der Waals surface area contributed by atoms with E-state index in [9.17, 15) is 0 Å². The van der Waals surface area contributed by atoms with Crippen LogP contribution in [0.25, 0.3) is 11.3 Å². The lowest BCUT2D eigenvalue weighted by Gasteiger charge is -2.09. The van der Waals surface area contributed by atoms with Crippen LogP contribution in [-0.2, 0) is 0 Å². The van der Waals surface area contributed by atoms with Gasteiger partial charge in [0.15, 0.2) is 17.3 Å². The third-order valence-corrected chi connectivity index (χ3v) is 3.52. The van der Waals surface area contributed by atoms with Crippen molar-refractivity contribution in [2.24, 2.45) is 5.73 Å². The summed E-state index contributed by atoms with van der Waals surface area (Å²) >= 11 is 0. The summed E-state index contributed by atoms with van der Waals surface area (Å²) < 4.78 is 16.3. The van der Waals surface area contributed by atoms with Crippen molar-refractivity contribution in [3.63, 3.8) is 0 Å². The zero-order valence-electron chi connectivity index (χ0n) is 12.9. The summed E-state index contributed by atoms with van der Waals surface area (Å²) in [4.78, 5) is 8.26. The van der Waals surface area contributed by atoms with Crippen LogP contribution >= 0.6 is 0 Å². The first-order valence-electron chi connectivity index (χ1n) is 7.06. The van der Waals surface area contributed by atoms with Gasteiger partial charge in [-0.15, -0.1) is 0 Å². The molecule has 2 heterocycles. The maximum absolute atomic E-state index is 6.18. The zero-order chi connectivity index (χ0) is 16.2. The molecule has 0 aliphatic carbocycles. The van der Waals surface area contributed by atoms with Crippen LogP contribution in [0.3, 0.4) is 0 Å². The maximum atomic E-state index is 6.18. The van der Waals surface area contributed by atoms with E-state index >= 15 is 0 Å². The van der Waals surface area contributed by atoms with Gasteiger partial charge < -0.3 is 19.6 Å². The molecule has 23 heavy (non-hydrogen) atoms. The van der Waals surface area contributed by atoms with Crippen molar-refractivity contribution in [3.05, 3.63) is 60.4 Å². The van der Waals surface area contributed by atoms with E-state index in [0.717, 1.165) is 11.1 Å². The van der Waals surface area contributed by atoms with Gasteiger partial charge in [0.2, 0.25) is 5.89 Å². The summed E-state index contributed by atoms with van der Waals surface area (Å²) in [6, 6.07) is 8.77. The lowest BCUT2D eigenvalue weighted by Crippen LogP contribution is -2.11. The van der Waals surface area contributed by atoms with Crippen LogP contribution in [-0.4, -0.2) is 24.2 Å². The first kappa shape index (κ1) is 15.1. The van der Waals surface area contributed by atoms with Gasteiger partial charge in [-0.2, -0.15) is 0 Å². The van der Waals surface area contributed by atoms with Crippen molar-refractivity contribution in [2.75, 3.05) is 14.2 Å². The van der Waals surface area contributed by atoms with E-state index in [0.29, 0.717) is 23.1 Å². The van der Waals surface area contributed by atoms with Gasteiger partial charge in [-0.05, 0) is 35.9 Å². The Labute approximate surface area is 133 Å². The van der Waals surface area contributed by atoms with Crippen LogP contribution in [0.5, 0.6) is 11.5 Å². The average Bonchev–Trinajstić information content (AvgIpc) is 3.11. The minimum Gasteiger partial charge on any atom is -0.493 e. The molecule has 0 spiro atoms. The van der Waals surface area contributed by atoms with Crippen LogP contribution < -0.4 is 15.2 Å². The average molecular weight is 311 g/mol. The molecule has 1 aromatic carbocycles. The Morgan fingerprint density at radius 1 is 1.04 bits per heavy atom. The van der Waals surface area contributed by atoms with Gasteiger partial charge in [-0.1, -0.05) is 0 Å². The third kappa shape index (κ3) is 3.02. The normalized spacial score (nSPS) is 12.0. The monoisotopic (exact) mass is 311 g/mol. The second-order valence-corrected chi connectivity index (χ2v) is 4.89. The van der Waals surface area contributed by atoms with Crippen LogP contribution in [0.2, 0.25) is 0 Å². The minimum absolute atomic E-state index is 0.438. The van der Waals surface area contributed by atoms with Crippen LogP contribution in [0.1, 0.15) is 17.5 Å². The highest BCUT2D eigenvalue weighted by Gasteiger charge is 2.16. The Morgan fingerprint density at radius 2 is 1.78 bits per heavy atom. The molecule has 118 valence electrons. The first-order valence-corrected chi connectivity index (χ1v) is 7.06. The van der Waals surface area contributed by atoms with Crippen molar-refractivity contribution >= 4 is 0 Å². The summed E-state index contributed by atoms with van der Waals surface area (Å²) in [6.07, 6.45) is 5.03. The number of aromatic nitrogens is 2. The Morgan fingerprint density at radius 3 is 2.48 bits per heavy atom. The summed E-state index contributed by atoms with van der Waals surface area (Å²) in [7, 11) is 3.19. The fourth-order valence-corrected chi connectivity index (χ4v) is 2.27. The second-order valence-electron chi connectivity index (χ2n) is 4.89. The van der Waals surface area contributed by atoms with Gasteiger partial charge in [0.1, 0.15) is 6.04 Å². The Kier molecular flexibility index (Phi) is 4.25. The fourth-order valence-electron chi connectivity index (χ4n) is 2.27. The molecule has 0 saturated carbocycles. The van der Waals surface area contributed by atoms with Crippen LogP contribution in [0.15, 0.2) is 53.3 Å². The first-order chi connectivity index (χ1) is 11.2. The molecule has 3 rings (SSSR count). The summed E-state index contributed by atoms with van der Waals surface area (Å²) in [5, 5.41) is 0. The standard InChI is InChI=1S/C17H17N3O3/c1-21-13-4-3-12(9-14(13)22-2)15-10-20-17(23-15)16(18)11-5-7-19-8-6-11/h3-10,16H,18H2,1-2H3. The molecular weight excluding hydrogens is 294 g/mol. The minimum atomic E-state index is -0.438. The molecule has 0 radical (unpaired) electrons. The van der Waals surface area contributed by atoms with Gasteiger partial charge in [-0.3, -0.25) is 4.98 Å². The molecule has 0 aliphatic rings. The Hall–Kier alpha value is -2.86. The number of pyridine rings is 1. The highest BCUT2D eigenvalue weighted by atomic mass is 16.5. The molecule has 2 aromatic heterocycles. The highest BCUT2D eigenvalue weighted by Crippen LogP contribution is 2.33. The molecule has 6 heteroatoms. The van der Waals surface area contributed by atoms with Gasteiger partial charge >= 0.3 is 0 Å². The van der Waals surface area contributed by atoms with Crippen LogP contribution in [0, 0.1) is 0 Å². The van der Waals surface area contributed by atoms with E-state index in [1.807, 2.05) is 30.3 Å². The quantitative estimate of drug-likeness (QED) is 0.780. The van der Waals surface area contributed by atoms with Crippen molar-refractivity contribution < 1.29 is 13.9 Å². The van der Waals surface area contributed by atoms with E-state index in [1.54, 1.807) is 32.8 Å². The van der Waals surface area contributed by atoms with E-state index < -0.39 is 6.04 Å². The predicted molar refractivity (Wildman–Crippen MR) is 85.3 cm³/mol. The molecule has 6 nitrogen and oxygen atoms in total. The fraction of sp³-hybridized carbons (Fsp3) is 0.176. The topological polar surface area (TPSA) is 83.4 Å². The predicted octanol–water partition coefficient (Wildman–Crippen LogP) is 2.80. The number of rotatable bonds is 5. The molecule has 0 amide bonds. The molecule has 3 aromatic rings. The number of methoxy groups -OCH3 is 2. The van der Waals surface area contributed by atoms with Crippen molar-refractivity contribution in [2.45, 2.75) is 6.04 Å². The van der Waals surface area contributed by atoms with Gasteiger partial charge in [0, 0.05) is 18.0 Å². The largest absolute Gasteiger partial charge is 0.493 e.